The van der Waals surface area contributed by atoms with E-state index in [0.29, 0.717) is 6.61 Å². The van der Waals surface area contributed by atoms with E-state index in [1.54, 1.807) is 0 Å². The molecule has 0 amide bonds. The largest absolute Gasteiger partial charge is 0.463 e. The number of morpholine rings is 1. The number of hydrogen-bond donors (Lipinski definition) is 1. The number of esters is 1. The molecule has 0 spiro atoms. The highest BCUT2D eigenvalue weighted by Gasteiger charge is 2.36. The first-order valence-corrected chi connectivity index (χ1v) is 5.96. The van der Waals surface area contributed by atoms with Crippen LogP contribution >= 0.6 is 0 Å². The van der Waals surface area contributed by atoms with Crippen LogP contribution in [0.1, 0.15) is 32.4 Å². The summed E-state index contributed by atoms with van der Waals surface area (Å²) in [4.78, 5) is 11.8. The number of cyclic esters (lactones) is 1. The molecule has 0 bridgehead atoms. The van der Waals surface area contributed by atoms with Crippen LogP contribution < -0.4 is 5.32 Å². The monoisotopic (exact) mass is 233 g/mol. The van der Waals surface area contributed by atoms with Crippen LogP contribution in [0.3, 0.4) is 0 Å². The summed E-state index contributed by atoms with van der Waals surface area (Å²) in [5.41, 5.74) is 1.04. The average molecular weight is 233 g/mol. The van der Waals surface area contributed by atoms with Gasteiger partial charge < -0.3 is 4.74 Å². The van der Waals surface area contributed by atoms with Gasteiger partial charge in [-0.15, -0.1) is 0 Å². The Kier molecular flexibility index (Phi) is 3.20. The van der Waals surface area contributed by atoms with Crippen LogP contribution in [0.2, 0.25) is 0 Å². The first kappa shape index (κ1) is 12.1. The Bertz CT molecular complexity index is 394. The minimum atomic E-state index is -0.339. The first-order chi connectivity index (χ1) is 7.98. The number of ether oxygens (including phenoxy) is 1. The van der Waals surface area contributed by atoms with Crippen molar-refractivity contribution in [2.75, 3.05) is 6.61 Å². The summed E-state index contributed by atoms with van der Waals surface area (Å²) in [5, 5.41) is 3.38. The van der Waals surface area contributed by atoms with Gasteiger partial charge in [0.2, 0.25) is 0 Å². The molecule has 0 aliphatic carbocycles. The van der Waals surface area contributed by atoms with Gasteiger partial charge in [0.25, 0.3) is 0 Å². The molecule has 0 saturated carbocycles. The Labute approximate surface area is 102 Å². The highest BCUT2D eigenvalue weighted by Crippen LogP contribution is 2.27. The molecule has 1 heterocycles. The molecule has 1 aromatic rings. The van der Waals surface area contributed by atoms with E-state index in [2.05, 4.69) is 26.1 Å². The van der Waals surface area contributed by atoms with E-state index in [0.717, 1.165) is 5.56 Å². The van der Waals surface area contributed by atoms with Gasteiger partial charge in [0.15, 0.2) is 0 Å². The number of nitrogens with one attached hydrogen (secondary N) is 1. The smallest absolute Gasteiger partial charge is 0.327 e. The topological polar surface area (TPSA) is 38.3 Å². The van der Waals surface area contributed by atoms with Crippen LogP contribution in [0.15, 0.2) is 30.3 Å². The number of carbonyl (C=O) groups is 1. The van der Waals surface area contributed by atoms with Crippen molar-refractivity contribution in [3.63, 3.8) is 0 Å². The zero-order valence-electron chi connectivity index (χ0n) is 10.6. The normalized spacial score (nSPS) is 25.5. The van der Waals surface area contributed by atoms with E-state index >= 15 is 0 Å². The molecule has 1 saturated heterocycles. The molecule has 17 heavy (non-hydrogen) atoms. The van der Waals surface area contributed by atoms with Crippen LogP contribution in [0.4, 0.5) is 0 Å². The summed E-state index contributed by atoms with van der Waals surface area (Å²) < 4.78 is 5.28. The van der Waals surface area contributed by atoms with Crippen LogP contribution in [-0.2, 0) is 9.53 Å². The van der Waals surface area contributed by atoms with E-state index in [9.17, 15) is 4.79 Å². The molecule has 3 nitrogen and oxygen atoms in total. The molecule has 0 radical (unpaired) electrons. The van der Waals surface area contributed by atoms with Crippen molar-refractivity contribution >= 4 is 5.97 Å². The summed E-state index contributed by atoms with van der Waals surface area (Å²) in [7, 11) is 0. The second kappa shape index (κ2) is 4.49. The van der Waals surface area contributed by atoms with Gasteiger partial charge in [-0.25, -0.2) is 4.79 Å². The van der Waals surface area contributed by atoms with Crippen LogP contribution in [0, 0.1) is 5.41 Å². The molecule has 2 rings (SSSR count). The molecule has 1 aromatic carbocycles. The second-order valence-electron chi connectivity index (χ2n) is 5.56. The lowest BCUT2D eigenvalue weighted by Crippen LogP contribution is -2.52. The summed E-state index contributed by atoms with van der Waals surface area (Å²) in [6, 6.07) is 9.56. The van der Waals surface area contributed by atoms with Gasteiger partial charge in [-0.2, -0.15) is 0 Å². The Balaban J connectivity index is 2.19. The lowest BCUT2D eigenvalue weighted by molar-refractivity contribution is -0.153. The summed E-state index contributed by atoms with van der Waals surface area (Å²) in [5.74, 6) is -0.184. The maximum atomic E-state index is 11.8. The van der Waals surface area contributed by atoms with Crippen LogP contribution in [-0.4, -0.2) is 18.6 Å². The van der Waals surface area contributed by atoms with E-state index in [1.165, 1.54) is 0 Å². The minimum Gasteiger partial charge on any atom is -0.463 e. The molecule has 1 N–H and O–H groups in total. The van der Waals surface area contributed by atoms with Crippen molar-refractivity contribution in [2.24, 2.45) is 5.41 Å². The predicted molar refractivity (Wildman–Crippen MR) is 66.5 cm³/mol. The lowest BCUT2D eigenvalue weighted by Gasteiger charge is -2.37. The average Bonchev–Trinajstić information content (AvgIpc) is 2.29. The first-order valence-electron chi connectivity index (χ1n) is 5.96. The molecule has 0 unspecified atom stereocenters. The molecule has 1 aliphatic heterocycles. The predicted octanol–water partition coefficient (Wildman–Crippen LogP) is 2.29. The van der Waals surface area contributed by atoms with E-state index in [1.807, 2.05) is 30.3 Å². The second-order valence-corrected chi connectivity index (χ2v) is 5.56. The summed E-state index contributed by atoms with van der Waals surface area (Å²) in [6.45, 7) is 6.88. The SMILES string of the molecule is CC(C)(C)[C@H]1COC(=O)[C@@H](c2ccccc2)N1. The zero-order valence-corrected chi connectivity index (χ0v) is 10.6. The fourth-order valence-electron chi connectivity index (χ4n) is 1.94. The van der Waals surface area contributed by atoms with Gasteiger partial charge in [-0.1, -0.05) is 51.1 Å². The highest BCUT2D eigenvalue weighted by molar-refractivity contribution is 5.78. The maximum absolute atomic E-state index is 11.8. The number of hydrogen-bond acceptors (Lipinski definition) is 3. The van der Waals surface area contributed by atoms with Crippen molar-refractivity contribution in [3.8, 4) is 0 Å². The van der Waals surface area contributed by atoms with Gasteiger partial charge in [-0.05, 0) is 11.0 Å². The summed E-state index contributed by atoms with van der Waals surface area (Å²) in [6.07, 6.45) is 0. The van der Waals surface area contributed by atoms with E-state index in [-0.39, 0.29) is 23.5 Å². The van der Waals surface area contributed by atoms with Gasteiger partial charge in [0.1, 0.15) is 12.6 Å². The fraction of sp³-hybridized carbons (Fsp3) is 0.500. The Morgan fingerprint density at radius 2 is 1.88 bits per heavy atom. The number of benzene rings is 1. The molecule has 0 aromatic heterocycles. The van der Waals surface area contributed by atoms with Crippen molar-refractivity contribution in [1.82, 2.24) is 5.32 Å². The van der Waals surface area contributed by atoms with Crippen molar-refractivity contribution in [1.29, 1.82) is 0 Å². The molecular weight excluding hydrogens is 214 g/mol. The number of rotatable bonds is 1. The third-order valence-electron chi connectivity index (χ3n) is 3.17. The molecule has 3 heteroatoms. The van der Waals surface area contributed by atoms with Gasteiger partial charge in [0.05, 0.1) is 0 Å². The lowest BCUT2D eigenvalue weighted by atomic mass is 9.85. The van der Waals surface area contributed by atoms with E-state index in [4.69, 9.17) is 4.74 Å². The van der Waals surface area contributed by atoms with E-state index < -0.39 is 0 Å². The molecular formula is C14H19NO2. The van der Waals surface area contributed by atoms with Gasteiger partial charge >= 0.3 is 5.97 Å². The van der Waals surface area contributed by atoms with Gasteiger partial charge in [0, 0.05) is 6.04 Å². The Morgan fingerprint density at radius 3 is 2.47 bits per heavy atom. The van der Waals surface area contributed by atoms with Crippen molar-refractivity contribution in [2.45, 2.75) is 32.9 Å². The number of carbonyl (C=O) groups excluding carboxylic acids is 1. The minimum absolute atomic E-state index is 0.0771. The fourth-order valence-corrected chi connectivity index (χ4v) is 1.94. The third-order valence-corrected chi connectivity index (χ3v) is 3.17. The third kappa shape index (κ3) is 2.67. The maximum Gasteiger partial charge on any atom is 0.327 e. The Morgan fingerprint density at radius 1 is 1.24 bits per heavy atom. The van der Waals surface area contributed by atoms with Crippen molar-refractivity contribution < 1.29 is 9.53 Å². The van der Waals surface area contributed by atoms with Crippen molar-refractivity contribution in [3.05, 3.63) is 35.9 Å². The van der Waals surface area contributed by atoms with Gasteiger partial charge in [-0.3, -0.25) is 5.32 Å². The zero-order chi connectivity index (χ0) is 12.5. The standard InChI is InChI=1S/C14H19NO2/c1-14(2,3)11-9-17-13(16)12(15-11)10-7-5-4-6-8-10/h4-8,11-12,15H,9H2,1-3H3/t11-,12-/m1/s1. The van der Waals surface area contributed by atoms with Crippen LogP contribution in [0.25, 0.3) is 0 Å². The molecule has 1 fully saturated rings. The molecule has 92 valence electrons. The quantitative estimate of drug-likeness (QED) is 0.756. The Hall–Kier alpha value is -1.35. The highest BCUT2D eigenvalue weighted by atomic mass is 16.5. The molecule has 1 aliphatic rings. The summed E-state index contributed by atoms with van der Waals surface area (Å²) >= 11 is 0. The van der Waals surface area contributed by atoms with Crippen LogP contribution in [0.5, 0.6) is 0 Å². The molecule has 2 atom stereocenters.